The summed E-state index contributed by atoms with van der Waals surface area (Å²) in [6.07, 6.45) is 16.3. The Hall–Kier alpha value is -0.580. The predicted molar refractivity (Wildman–Crippen MR) is 130 cm³/mol. The molecule has 184 valence electrons. The van der Waals surface area contributed by atoms with Crippen LogP contribution in [0.3, 0.4) is 0 Å². The van der Waals surface area contributed by atoms with E-state index in [4.69, 9.17) is 0 Å². The molecule has 1 amide bonds. The highest BCUT2D eigenvalue weighted by molar-refractivity contribution is 7.90. The lowest BCUT2D eigenvalue weighted by Gasteiger charge is -2.62. The van der Waals surface area contributed by atoms with Crippen LogP contribution in [-0.2, 0) is 14.8 Å². The van der Waals surface area contributed by atoms with Gasteiger partial charge in [0.1, 0.15) is 0 Å². The van der Waals surface area contributed by atoms with Crippen molar-refractivity contribution in [2.24, 2.45) is 46.3 Å². The maximum Gasteiger partial charge on any atom is 0.234 e. The van der Waals surface area contributed by atoms with Gasteiger partial charge >= 0.3 is 0 Å². The Labute approximate surface area is 197 Å². The number of carbonyl (C=O) groups excluding carboxylic acids is 1. The van der Waals surface area contributed by atoms with Gasteiger partial charge < -0.3 is 0 Å². The van der Waals surface area contributed by atoms with Gasteiger partial charge in [-0.1, -0.05) is 40.0 Å². The van der Waals surface area contributed by atoms with E-state index >= 15 is 0 Å². The SMILES string of the molecule is CC[C@H]1CC2C3CCC(CCCC(=O)NS(=O)(=O)CC)C3(C)CC[C@@H]2C2(C)CCCCC12. The van der Waals surface area contributed by atoms with Gasteiger partial charge in [-0.25, -0.2) is 8.42 Å². The first-order valence-electron chi connectivity index (χ1n) is 13.7. The average molecular weight is 466 g/mol. The van der Waals surface area contributed by atoms with E-state index in [1.54, 1.807) is 6.92 Å². The first kappa shape index (κ1) is 24.5. The van der Waals surface area contributed by atoms with Crippen LogP contribution in [0.1, 0.15) is 111 Å². The number of hydrogen-bond donors (Lipinski definition) is 1. The topological polar surface area (TPSA) is 63.2 Å². The molecule has 0 saturated heterocycles. The maximum absolute atomic E-state index is 12.1. The second-order valence-electron chi connectivity index (χ2n) is 12.3. The van der Waals surface area contributed by atoms with Crippen LogP contribution >= 0.6 is 0 Å². The number of hydrogen-bond acceptors (Lipinski definition) is 3. The lowest BCUT2D eigenvalue weighted by atomic mass is 9.42. The highest BCUT2D eigenvalue weighted by Crippen LogP contribution is 2.69. The van der Waals surface area contributed by atoms with Gasteiger partial charge in [-0.15, -0.1) is 0 Å². The molecule has 4 aliphatic rings. The number of fused-ring (bicyclic) bond motifs is 5. The highest BCUT2D eigenvalue weighted by Gasteiger charge is 2.60. The number of nitrogens with one attached hydrogen (secondary N) is 1. The van der Waals surface area contributed by atoms with Crippen LogP contribution in [0.2, 0.25) is 0 Å². The molecule has 32 heavy (non-hydrogen) atoms. The Morgan fingerprint density at radius 1 is 0.938 bits per heavy atom. The molecular formula is C27H47NO3S. The molecule has 4 fully saturated rings. The summed E-state index contributed by atoms with van der Waals surface area (Å²) in [6, 6.07) is 0. The molecule has 4 rings (SSSR count). The second-order valence-corrected chi connectivity index (χ2v) is 14.3. The Kier molecular flexibility index (Phi) is 7.08. The van der Waals surface area contributed by atoms with Gasteiger partial charge in [0.15, 0.2) is 0 Å². The monoisotopic (exact) mass is 465 g/mol. The van der Waals surface area contributed by atoms with Crippen molar-refractivity contribution in [1.82, 2.24) is 4.72 Å². The van der Waals surface area contributed by atoms with Gasteiger partial charge in [0, 0.05) is 6.42 Å². The molecular weight excluding hydrogens is 418 g/mol. The summed E-state index contributed by atoms with van der Waals surface area (Å²) in [5, 5.41) is 0. The molecule has 8 atom stereocenters. The Morgan fingerprint density at radius 2 is 1.69 bits per heavy atom. The molecule has 0 aromatic heterocycles. The largest absolute Gasteiger partial charge is 0.274 e. The van der Waals surface area contributed by atoms with Crippen LogP contribution in [-0.4, -0.2) is 20.1 Å². The van der Waals surface area contributed by atoms with Gasteiger partial charge in [-0.3, -0.25) is 9.52 Å². The fraction of sp³-hybridized carbons (Fsp3) is 0.963. The van der Waals surface area contributed by atoms with E-state index in [1.165, 1.54) is 64.2 Å². The molecule has 0 aromatic carbocycles. The van der Waals surface area contributed by atoms with Crippen LogP contribution in [0.15, 0.2) is 0 Å². The van der Waals surface area contributed by atoms with Crippen molar-refractivity contribution in [3.63, 3.8) is 0 Å². The maximum atomic E-state index is 12.1. The zero-order chi connectivity index (χ0) is 23.1. The molecule has 5 heteroatoms. The predicted octanol–water partition coefficient (Wildman–Crippen LogP) is 6.31. The minimum Gasteiger partial charge on any atom is -0.274 e. The van der Waals surface area contributed by atoms with Crippen molar-refractivity contribution in [3.8, 4) is 0 Å². The molecule has 0 bridgehead atoms. The third kappa shape index (κ3) is 4.29. The van der Waals surface area contributed by atoms with Gasteiger partial charge in [0.25, 0.3) is 0 Å². The van der Waals surface area contributed by atoms with Gasteiger partial charge in [-0.05, 0) is 111 Å². The number of carbonyl (C=O) groups is 1. The van der Waals surface area contributed by atoms with Crippen LogP contribution in [0, 0.1) is 46.3 Å². The lowest BCUT2D eigenvalue weighted by molar-refractivity contribution is -0.136. The molecule has 0 spiro atoms. The molecule has 6 unspecified atom stereocenters. The number of sulfonamides is 1. The van der Waals surface area contributed by atoms with Gasteiger partial charge in [0.2, 0.25) is 15.9 Å². The first-order valence-corrected chi connectivity index (χ1v) is 15.3. The van der Waals surface area contributed by atoms with E-state index in [0.29, 0.717) is 23.2 Å². The quantitative estimate of drug-likeness (QED) is 0.479. The van der Waals surface area contributed by atoms with Crippen LogP contribution in [0.25, 0.3) is 0 Å². The summed E-state index contributed by atoms with van der Waals surface area (Å²) < 4.78 is 25.5. The lowest BCUT2D eigenvalue weighted by Crippen LogP contribution is -2.55. The van der Waals surface area contributed by atoms with E-state index in [2.05, 4.69) is 25.5 Å². The van der Waals surface area contributed by atoms with Crippen molar-refractivity contribution >= 4 is 15.9 Å². The second kappa shape index (κ2) is 9.23. The normalized spacial score (nSPS) is 43.8. The molecule has 4 nitrogen and oxygen atoms in total. The minimum absolute atomic E-state index is 0.0395. The number of amides is 1. The zero-order valence-electron chi connectivity index (χ0n) is 21.0. The van der Waals surface area contributed by atoms with Crippen LogP contribution in [0.4, 0.5) is 0 Å². The van der Waals surface area contributed by atoms with E-state index in [0.717, 1.165) is 42.4 Å². The van der Waals surface area contributed by atoms with E-state index in [9.17, 15) is 13.2 Å². The fourth-order valence-electron chi connectivity index (χ4n) is 9.41. The molecule has 4 saturated carbocycles. The summed E-state index contributed by atoms with van der Waals surface area (Å²) in [6.45, 7) is 9.25. The molecule has 0 heterocycles. The van der Waals surface area contributed by atoms with Crippen molar-refractivity contribution in [1.29, 1.82) is 0 Å². The van der Waals surface area contributed by atoms with Crippen molar-refractivity contribution in [3.05, 3.63) is 0 Å². The smallest absolute Gasteiger partial charge is 0.234 e. The Bertz CT molecular complexity index is 795. The van der Waals surface area contributed by atoms with Crippen molar-refractivity contribution < 1.29 is 13.2 Å². The van der Waals surface area contributed by atoms with Crippen LogP contribution in [0.5, 0.6) is 0 Å². The van der Waals surface area contributed by atoms with Crippen molar-refractivity contribution in [2.75, 3.05) is 5.75 Å². The summed E-state index contributed by atoms with van der Waals surface area (Å²) in [7, 11) is -3.44. The third-order valence-corrected chi connectivity index (χ3v) is 12.4. The third-order valence-electron chi connectivity index (χ3n) is 11.1. The van der Waals surface area contributed by atoms with E-state index in [-0.39, 0.29) is 11.7 Å². The zero-order valence-corrected chi connectivity index (χ0v) is 21.8. The standard InChI is InChI=1S/C27H47NO3S/c1-5-19-18-21-23-14-13-20(10-9-12-25(29)28-32(30,31)6-2)26(23,3)17-15-24(21)27(4)16-8-7-11-22(19)27/h19-24H,5-18H2,1-4H3,(H,28,29)/t19-,20?,21?,22?,23?,24-,26?,27?/m0/s1. The fourth-order valence-corrected chi connectivity index (χ4v) is 10.0. The van der Waals surface area contributed by atoms with Gasteiger partial charge in [-0.2, -0.15) is 0 Å². The molecule has 0 radical (unpaired) electrons. The van der Waals surface area contributed by atoms with Crippen molar-refractivity contribution in [2.45, 2.75) is 111 Å². The van der Waals surface area contributed by atoms with E-state index in [1.807, 2.05) is 0 Å². The average Bonchev–Trinajstić information content (AvgIpc) is 3.09. The Morgan fingerprint density at radius 3 is 2.41 bits per heavy atom. The summed E-state index contributed by atoms with van der Waals surface area (Å²) in [4.78, 5) is 12.1. The molecule has 0 aromatic rings. The summed E-state index contributed by atoms with van der Waals surface area (Å²) in [5.74, 6) is 4.90. The summed E-state index contributed by atoms with van der Waals surface area (Å²) in [5.41, 5.74) is 0.993. The molecule has 1 N–H and O–H groups in total. The molecule has 4 aliphatic carbocycles. The minimum atomic E-state index is -3.44. The molecule has 0 aliphatic heterocycles. The van der Waals surface area contributed by atoms with Crippen LogP contribution < -0.4 is 4.72 Å². The van der Waals surface area contributed by atoms with Gasteiger partial charge in [0.05, 0.1) is 5.75 Å². The Balaban J connectivity index is 1.41. The highest BCUT2D eigenvalue weighted by atomic mass is 32.2. The first-order chi connectivity index (χ1) is 15.1. The number of rotatable bonds is 7. The van der Waals surface area contributed by atoms with E-state index < -0.39 is 10.0 Å². The summed E-state index contributed by atoms with van der Waals surface area (Å²) >= 11 is 0.